The molecule has 0 bridgehead atoms. The van der Waals surface area contributed by atoms with E-state index in [1.165, 1.54) is 0 Å². The first-order chi connectivity index (χ1) is 8.09. The Labute approximate surface area is 101 Å². The van der Waals surface area contributed by atoms with Crippen LogP contribution in [0.15, 0.2) is 16.7 Å². The van der Waals surface area contributed by atoms with Crippen molar-refractivity contribution in [3.05, 3.63) is 23.7 Å². The van der Waals surface area contributed by atoms with E-state index < -0.39 is 5.60 Å². The molecule has 1 fully saturated rings. The summed E-state index contributed by atoms with van der Waals surface area (Å²) in [5.74, 6) is 0.692. The molecule has 1 aliphatic heterocycles. The topological polar surface area (TPSA) is 53.7 Å². The van der Waals surface area contributed by atoms with Crippen LogP contribution in [-0.4, -0.2) is 34.6 Å². The molecule has 1 aliphatic rings. The van der Waals surface area contributed by atoms with Crippen molar-refractivity contribution in [1.82, 2.24) is 4.90 Å². The van der Waals surface area contributed by atoms with Crippen molar-refractivity contribution in [2.45, 2.75) is 38.7 Å². The second-order valence-electron chi connectivity index (χ2n) is 4.75. The highest BCUT2D eigenvalue weighted by atomic mass is 16.3. The lowest BCUT2D eigenvalue weighted by atomic mass is 9.88. The van der Waals surface area contributed by atoms with E-state index in [0.29, 0.717) is 25.1 Å². The van der Waals surface area contributed by atoms with E-state index in [9.17, 15) is 9.90 Å². The van der Waals surface area contributed by atoms with Gasteiger partial charge in [-0.15, -0.1) is 0 Å². The minimum atomic E-state index is -0.666. The summed E-state index contributed by atoms with van der Waals surface area (Å²) in [7, 11) is 0. The van der Waals surface area contributed by atoms with Gasteiger partial charge in [0.1, 0.15) is 5.76 Å². The number of furan rings is 1. The summed E-state index contributed by atoms with van der Waals surface area (Å²) in [4.78, 5) is 13.8. The fourth-order valence-corrected chi connectivity index (χ4v) is 2.41. The molecule has 0 atom stereocenters. The van der Waals surface area contributed by atoms with Gasteiger partial charge in [0, 0.05) is 6.42 Å². The standard InChI is InChI=1S/C13H19NO3/c1-3-6-13(16)8-14(9-13)12(15)10-5-7-17-11(10)4-2/h5,7,16H,3-4,6,8-9H2,1-2H3. The second kappa shape index (κ2) is 4.53. The second-order valence-corrected chi connectivity index (χ2v) is 4.75. The summed E-state index contributed by atoms with van der Waals surface area (Å²) in [6, 6.07) is 1.71. The number of nitrogens with zero attached hydrogens (tertiary/aromatic N) is 1. The van der Waals surface area contributed by atoms with Gasteiger partial charge in [-0.3, -0.25) is 4.79 Å². The lowest BCUT2D eigenvalue weighted by Gasteiger charge is -2.46. The minimum Gasteiger partial charge on any atom is -0.469 e. The van der Waals surface area contributed by atoms with Crippen LogP contribution in [0.1, 0.15) is 42.8 Å². The summed E-state index contributed by atoms with van der Waals surface area (Å²) in [5, 5.41) is 10.0. The molecule has 1 aromatic heterocycles. The third kappa shape index (κ3) is 2.22. The first-order valence-corrected chi connectivity index (χ1v) is 6.17. The van der Waals surface area contributed by atoms with E-state index in [-0.39, 0.29) is 5.91 Å². The number of aryl methyl sites for hydroxylation is 1. The Balaban J connectivity index is 2.00. The molecule has 1 N–H and O–H groups in total. The number of hydrogen-bond acceptors (Lipinski definition) is 3. The van der Waals surface area contributed by atoms with Gasteiger partial charge in [-0.05, 0) is 12.5 Å². The van der Waals surface area contributed by atoms with Crippen LogP contribution in [-0.2, 0) is 6.42 Å². The minimum absolute atomic E-state index is 0.0311. The SMILES string of the molecule is CCCC1(O)CN(C(=O)c2ccoc2CC)C1. The average molecular weight is 237 g/mol. The quantitative estimate of drug-likeness (QED) is 0.869. The number of carbonyl (C=O) groups excluding carboxylic acids is 1. The van der Waals surface area contributed by atoms with Crippen LogP contribution in [0.2, 0.25) is 0 Å². The molecule has 2 heterocycles. The van der Waals surface area contributed by atoms with E-state index in [4.69, 9.17) is 4.42 Å². The first kappa shape index (κ1) is 12.2. The van der Waals surface area contributed by atoms with Crippen molar-refractivity contribution < 1.29 is 14.3 Å². The molecule has 94 valence electrons. The van der Waals surface area contributed by atoms with Crippen molar-refractivity contribution in [3.8, 4) is 0 Å². The van der Waals surface area contributed by atoms with Crippen molar-refractivity contribution in [3.63, 3.8) is 0 Å². The summed E-state index contributed by atoms with van der Waals surface area (Å²) >= 11 is 0. The predicted octanol–water partition coefficient (Wildman–Crippen LogP) is 1.83. The maximum Gasteiger partial charge on any atom is 0.257 e. The molecule has 0 spiro atoms. The molecule has 17 heavy (non-hydrogen) atoms. The number of carbonyl (C=O) groups is 1. The number of β-amino-alcohol motifs (C(OH)–C–C–N with tert-alkyl or cyclic N) is 1. The normalized spacial score (nSPS) is 17.9. The Morgan fingerprint density at radius 3 is 2.82 bits per heavy atom. The van der Waals surface area contributed by atoms with Crippen molar-refractivity contribution >= 4 is 5.91 Å². The molecule has 0 aliphatic carbocycles. The van der Waals surface area contributed by atoms with E-state index >= 15 is 0 Å². The van der Waals surface area contributed by atoms with Gasteiger partial charge in [0.25, 0.3) is 5.91 Å². The fourth-order valence-electron chi connectivity index (χ4n) is 2.41. The van der Waals surface area contributed by atoms with Gasteiger partial charge in [0.2, 0.25) is 0 Å². The first-order valence-electron chi connectivity index (χ1n) is 6.17. The van der Waals surface area contributed by atoms with Crippen molar-refractivity contribution in [2.75, 3.05) is 13.1 Å². The maximum absolute atomic E-state index is 12.1. The summed E-state index contributed by atoms with van der Waals surface area (Å²) in [5.41, 5.74) is -0.0355. The third-order valence-corrected chi connectivity index (χ3v) is 3.27. The summed E-state index contributed by atoms with van der Waals surface area (Å²) in [6.07, 6.45) is 3.94. The Morgan fingerprint density at radius 1 is 1.53 bits per heavy atom. The van der Waals surface area contributed by atoms with Crippen LogP contribution in [0.25, 0.3) is 0 Å². The highest BCUT2D eigenvalue weighted by molar-refractivity contribution is 5.95. The number of amides is 1. The largest absolute Gasteiger partial charge is 0.469 e. The predicted molar refractivity (Wildman–Crippen MR) is 63.8 cm³/mol. The summed E-state index contributed by atoms with van der Waals surface area (Å²) < 4.78 is 5.24. The Kier molecular flexibility index (Phi) is 3.24. The van der Waals surface area contributed by atoms with E-state index in [2.05, 4.69) is 0 Å². The highest BCUT2D eigenvalue weighted by Crippen LogP contribution is 2.28. The zero-order valence-corrected chi connectivity index (χ0v) is 10.4. The highest BCUT2D eigenvalue weighted by Gasteiger charge is 2.43. The molecule has 1 aromatic rings. The molecule has 1 amide bonds. The van der Waals surface area contributed by atoms with Gasteiger partial charge in [-0.25, -0.2) is 0 Å². The zero-order chi connectivity index (χ0) is 12.5. The van der Waals surface area contributed by atoms with Crippen LogP contribution in [0.3, 0.4) is 0 Å². The number of aliphatic hydroxyl groups is 1. The molecule has 2 rings (SSSR count). The van der Waals surface area contributed by atoms with Gasteiger partial charge in [0.05, 0.1) is 30.5 Å². The average Bonchev–Trinajstić information content (AvgIpc) is 2.73. The van der Waals surface area contributed by atoms with E-state index in [0.717, 1.165) is 18.6 Å². The Bertz CT molecular complexity index is 405. The van der Waals surface area contributed by atoms with Gasteiger partial charge in [-0.1, -0.05) is 20.3 Å². The molecule has 0 aromatic carbocycles. The molecule has 0 radical (unpaired) electrons. The lowest BCUT2D eigenvalue weighted by molar-refractivity contribution is -0.0860. The lowest BCUT2D eigenvalue weighted by Crippen LogP contribution is -2.63. The number of likely N-dealkylation sites (tertiary alicyclic amines) is 1. The molecule has 4 heteroatoms. The van der Waals surface area contributed by atoms with Gasteiger partial charge >= 0.3 is 0 Å². The van der Waals surface area contributed by atoms with Crippen molar-refractivity contribution in [1.29, 1.82) is 0 Å². The van der Waals surface area contributed by atoms with Gasteiger partial charge in [0.15, 0.2) is 0 Å². The monoisotopic (exact) mass is 237 g/mol. The Morgan fingerprint density at radius 2 is 2.24 bits per heavy atom. The Hall–Kier alpha value is -1.29. The molecule has 0 saturated carbocycles. The van der Waals surface area contributed by atoms with Crippen LogP contribution in [0, 0.1) is 0 Å². The van der Waals surface area contributed by atoms with Crippen LogP contribution < -0.4 is 0 Å². The van der Waals surface area contributed by atoms with Crippen LogP contribution in [0.5, 0.6) is 0 Å². The van der Waals surface area contributed by atoms with E-state index in [1.807, 2.05) is 13.8 Å². The molecular formula is C13H19NO3. The maximum atomic E-state index is 12.1. The van der Waals surface area contributed by atoms with Gasteiger partial charge < -0.3 is 14.4 Å². The number of hydrogen-bond donors (Lipinski definition) is 1. The van der Waals surface area contributed by atoms with Gasteiger partial charge in [-0.2, -0.15) is 0 Å². The summed E-state index contributed by atoms with van der Waals surface area (Å²) in [6.45, 7) is 4.87. The number of rotatable bonds is 4. The smallest absolute Gasteiger partial charge is 0.257 e. The molecular weight excluding hydrogens is 218 g/mol. The van der Waals surface area contributed by atoms with Crippen LogP contribution in [0.4, 0.5) is 0 Å². The van der Waals surface area contributed by atoms with E-state index in [1.54, 1.807) is 17.2 Å². The van der Waals surface area contributed by atoms with Crippen LogP contribution >= 0.6 is 0 Å². The fraction of sp³-hybridized carbons (Fsp3) is 0.615. The molecule has 4 nitrogen and oxygen atoms in total. The third-order valence-electron chi connectivity index (χ3n) is 3.27. The zero-order valence-electron chi connectivity index (χ0n) is 10.4. The molecule has 0 unspecified atom stereocenters. The molecule has 1 saturated heterocycles. The van der Waals surface area contributed by atoms with Crippen molar-refractivity contribution in [2.24, 2.45) is 0 Å².